The molecule has 5 rings (SSSR count). The Labute approximate surface area is 297 Å². The summed E-state index contributed by atoms with van der Waals surface area (Å²) in [4.78, 5) is 71.9. The fourth-order valence-electron chi connectivity index (χ4n) is 4.59. The van der Waals surface area contributed by atoms with Crippen LogP contribution < -0.4 is 61.5 Å². The Hall–Kier alpha value is -4.11. The topological polar surface area (TPSA) is 252 Å². The van der Waals surface area contributed by atoms with Crippen molar-refractivity contribution in [3.05, 3.63) is 57.6 Å². The fourth-order valence-corrected chi connectivity index (χ4v) is 6.92. The second-order valence-electron chi connectivity index (χ2n) is 10.0. The molecule has 0 bridgehead atoms. The molecule has 0 saturated carbocycles. The normalized spacial score (nSPS) is 17.5. The largest absolute Gasteiger partial charge is 1.00 e. The Kier molecular flexibility index (Phi) is 11.9. The third-order valence-electron chi connectivity index (χ3n) is 6.85. The second-order valence-corrected chi connectivity index (χ2v) is 12.1. The number of thioether (sulfide) groups is 2. The predicted octanol–water partition coefficient (Wildman–Crippen LogP) is -4.12. The van der Waals surface area contributed by atoms with Crippen molar-refractivity contribution in [2.24, 2.45) is 7.05 Å². The number of hydrogen-bond acceptors (Lipinski definition) is 14. The van der Waals surface area contributed by atoms with Crippen LogP contribution in [0.15, 0.2) is 51.7 Å². The predicted molar refractivity (Wildman–Crippen MR) is 163 cm³/mol. The smallest absolute Gasteiger partial charge is 0.543 e. The van der Waals surface area contributed by atoms with Crippen LogP contribution in [0, 0.1) is 0 Å². The van der Waals surface area contributed by atoms with Gasteiger partial charge in [-0.2, -0.15) is 0 Å². The third kappa shape index (κ3) is 8.07. The molecule has 1 aromatic carbocycles. The van der Waals surface area contributed by atoms with E-state index in [4.69, 9.17) is 0 Å². The van der Waals surface area contributed by atoms with E-state index < -0.39 is 46.8 Å². The number of urea groups is 1. The van der Waals surface area contributed by atoms with Gasteiger partial charge in [0.15, 0.2) is 0 Å². The van der Waals surface area contributed by atoms with Crippen molar-refractivity contribution in [3.63, 3.8) is 0 Å². The molecule has 1 fully saturated rings. The Bertz CT molecular complexity index is 1750. The van der Waals surface area contributed by atoms with Crippen molar-refractivity contribution in [2.45, 2.75) is 36.0 Å². The van der Waals surface area contributed by atoms with Crippen LogP contribution in [-0.4, -0.2) is 93.5 Å². The second kappa shape index (κ2) is 15.7. The average molecular weight is 694 g/mol. The third-order valence-corrected chi connectivity index (χ3v) is 9.29. The first kappa shape index (κ1) is 35.7. The van der Waals surface area contributed by atoms with Crippen LogP contribution in [0.25, 0.3) is 0 Å². The van der Waals surface area contributed by atoms with Gasteiger partial charge in [-0.05, 0) is 40.1 Å². The average Bonchev–Trinajstić information content (AvgIpc) is 3.45. The number of carbonyl (C=O) groups excluding carboxylic acids is 4. The van der Waals surface area contributed by atoms with E-state index in [1.54, 1.807) is 7.05 Å². The van der Waals surface area contributed by atoms with E-state index in [9.17, 15) is 34.2 Å². The standard InChI is InChI=1S/C26H29N11O7S2.Na/c1-3-8-27-24-28-9-15(19(39)32-24)29-25(44)31-16(12-4-6-14(38)7-5-12)20(40)30-17-21(41)37-18(23(42)43)13(10-45-22(17)37)11-46-26-33-34-35-36(26)2;/h4-7,9,16-17,22,38H,3,8,10-11H2,1-2H3,(H,30,40)(H,42,43)(H2,29,31,44)(H2,27,28,32,39);/q;+1/p-1/t16-,17?,22-;/m1./s1. The summed E-state index contributed by atoms with van der Waals surface area (Å²) in [5.74, 6) is -2.43. The maximum absolute atomic E-state index is 13.5. The Morgan fingerprint density at radius 3 is 2.62 bits per heavy atom. The number of hydrogen-bond donors (Lipinski definition) is 6. The molecule has 1 saturated heterocycles. The van der Waals surface area contributed by atoms with Crippen LogP contribution in [0.4, 0.5) is 16.4 Å². The Morgan fingerprint density at radius 2 is 1.98 bits per heavy atom. The van der Waals surface area contributed by atoms with Gasteiger partial charge in [-0.3, -0.25) is 24.3 Å². The van der Waals surface area contributed by atoms with Gasteiger partial charge in [0.2, 0.25) is 17.0 Å². The molecule has 0 radical (unpaired) electrons. The number of nitrogens with one attached hydrogen (secondary N) is 5. The van der Waals surface area contributed by atoms with Gasteiger partial charge >= 0.3 is 35.6 Å². The zero-order chi connectivity index (χ0) is 33.0. The fraction of sp³-hybridized carbons (Fsp3) is 0.346. The summed E-state index contributed by atoms with van der Waals surface area (Å²) in [6.45, 7) is 2.52. The van der Waals surface area contributed by atoms with Gasteiger partial charge < -0.3 is 36.3 Å². The quantitative estimate of drug-likeness (QED) is 0.0599. The molecule has 47 heavy (non-hydrogen) atoms. The SMILES string of the molecule is CCCNc1ncc(NC(=O)N[C@@H](C(=O)NC2C(=O)N3C(C(=O)[O-])=C(CSc4nnnn4C)CS[C@H]23)c2ccc(O)cc2)c(=O)[nH]1.[Na+]. The monoisotopic (exact) mass is 693 g/mol. The molecule has 2 aliphatic heterocycles. The zero-order valence-corrected chi connectivity index (χ0v) is 29.0. The molecule has 2 aromatic heterocycles. The van der Waals surface area contributed by atoms with Crippen molar-refractivity contribution >= 4 is 59.0 Å². The number of benzene rings is 1. The van der Waals surface area contributed by atoms with Crippen molar-refractivity contribution in [1.82, 2.24) is 45.7 Å². The summed E-state index contributed by atoms with van der Waals surface area (Å²) in [5.41, 5.74) is -0.398. The number of aromatic amines is 1. The summed E-state index contributed by atoms with van der Waals surface area (Å²) in [7, 11) is 1.64. The number of anilines is 2. The van der Waals surface area contributed by atoms with Crippen molar-refractivity contribution in [1.29, 1.82) is 0 Å². The van der Waals surface area contributed by atoms with Crippen LogP contribution in [0.2, 0.25) is 0 Å². The first-order valence-electron chi connectivity index (χ1n) is 13.8. The van der Waals surface area contributed by atoms with E-state index in [0.29, 0.717) is 17.3 Å². The van der Waals surface area contributed by atoms with Gasteiger partial charge in [-0.25, -0.2) is 14.5 Å². The van der Waals surface area contributed by atoms with Crippen molar-refractivity contribution in [3.8, 4) is 5.75 Å². The molecule has 242 valence electrons. The summed E-state index contributed by atoms with van der Waals surface area (Å²) < 4.78 is 1.43. The number of H-pyrrole nitrogens is 1. The van der Waals surface area contributed by atoms with E-state index in [1.165, 1.54) is 52.5 Å². The number of phenolic OH excluding ortho intramolecular Hbond substituents is 1. The minimum atomic E-state index is -1.53. The first-order valence-corrected chi connectivity index (χ1v) is 15.8. The molecule has 18 nitrogen and oxygen atoms in total. The zero-order valence-electron chi connectivity index (χ0n) is 25.3. The van der Waals surface area contributed by atoms with Gasteiger partial charge in [-0.1, -0.05) is 30.8 Å². The molecule has 6 N–H and O–H groups in total. The van der Waals surface area contributed by atoms with Crippen LogP contribution in [0.3, 0.4) is 0 Å². The number of fused-ring (bicyclic) bond motifs is 1. The number of carboxylic acids is 1. The van der Waals surface area contributed by atoms with Gasteiger partial charge in [0, 0.05) is 25.1 Å². The number of carboxylic acid groups (broad SMARTS) is 1. The van der Waals surface area contributed by atoms with Crippen LogP contribution >= 0.6 is 23.5 Å². The van der Waals surface area contributed by atoms with E-state index >= 15 is 0 Å². The molecule has 0 aliphatic carbocycles. The number of tetrazole rings is 1. The molecular weight excluding hydrogens is 665 g/mol. The number of aromatic nitrogens is 6. The summed E-state index contributed by atoms with van der Waals surface area (Å²) in [5, 5.41) is 43.1. The number of amides is 4. The molecule has 1 unspecified atom stereocenters. The molecule has 3 atom stereocenters. The van der Waals surface area contributed by atoms with Crippen LogP contribution in [-0.2, 0) is 21.4 Å². The minimum Gasteiger partial charge on any atom is -0.543 e. The van der Waals surface area contributed by atoms with Gasteiger partial charge in [0.05, 0.1) is 17.9 Å². The maximum Gasteiger partial charge on any atom is 1.00 e. The van der Waals surface area contributed by atoms with Crippen LogP contribution in [0.5, 0.6) is 5.75 Å². The molecule has 4 heterocycles. The number of aliphatic carboxylic acids is 1. The van der Waals surface area contributed by atoms with Gasteiger partial charge in [-0.15, -0.1) is 16.9 Å². The summed E-state index contributed by atoms with van der Waals surface area (Å²) in [6, 6.07) is 2.02. The Balaban J connectivity index is 0.00000500. The molecule has 4 amide bonds. The number of aromatic hydroxyl groups is 1. The minimum absolute atomic E-state index is 0. The molecular formula is C26H28N11NaO7S2. The van der Waals surface area contributed by atoms with E-state index in [2.05, 4.69) is 46.8 Å². The number of β-lactam (4-membered cyclic amide) rings is 1. The summed E-state index contributed by atoms with van der Waals surface area (Å²) in [6.07, 6.45) is 1.96. The van der Waals surface area contributed by atoms with Gasteiger partial charge in [0.25, 0.3) is 11.5 Å². The Morgan fingerprint density at radius 1 is 1.23 bits per heavy atom. The van der Waals surface area contributed by atoms with Crippen molar-refractivity contribution in [2.75, 3.05) is 28.7 Å². The molecule has 2 aliphatic rings. The summed E-state index contributed by atoms with van der Waals surface area (Å²) >= 11 is 2.46. The van der Waals surface area contributed by atoms with E-state index in [-0.39, 0.29) is 69.7 Å². The first-order chi connectivity index (χ1) is 22.1. The van der Waals surface area contributed by atoms with Crippen LogP contribution in [0.1, 0.15) is 24.9 Å². The van der Waals surface area contributed by atoms with Crippen molar-refractivity contribution < 1.29 is 58.9 Å². The number of rotatable bonds is 12. The molecule has 21 heteroatoms. The number of nitrogens with zero attached hydrogens (tertiary/aromatic N) is 6. The van der Waals surface area contributed by atoms with Gasteiger partial charge in [0.1, 0.15) is 28.9 Å². The number of phenols is 1. The number of carbonyl (C=O) groups is 4. The molecule has 3 aromatic rings. The molecule has 0 spiro atoms. The number of aryl methyl sites for hydroxylation is 1. The maximum atomic E-state index is 13.5. The van der Waals surface area contributed by atoms with E-state index in [0.717, 1.165) is 17.5 Å². The van der Waals surface area contributed by atoms with E-state index in [1.807, 2.05) is 6.92 Å².